The average molecular weight is 473 g/mol. The van der Waals surface area contributed by atoms with Gasteiger partial charge in [-0.05, 0) is 53.9 Å². The van der Waals surface area contributed by atoms with Gasteiger partial charge in [-0.2, -0.15) is 0 Å². The maximum absolute atomic E-state index is 11.2. The molecular weight excluding hydrogens is 444 g/mol. The van der Waals surface area contributed by atoms with Gasteiger partial charge in [0.25, 0.3) is 0 Å². The maximum Gasteiger partial charge on any atom is 0.229 e. The number of anilines is 1. The van der Waals surface area contributed by atoms with Crippen LogP contribution in [0.15, 0.2) is 36.4 Å². The molecule has 1 unspecified atom stereocenters. The van der Waals surface area contributed by atoms with Crippen LogP contribution in [0, 0.1) is 0 Å². The van der Waals surface area contributed by atoms with E-state index in [9.17, 15) is 13.5 Å². The Bertz CT molecular complexity index is 969. The number of nitrogens with zero attached hydrogens (tertiary/aromatic N) is 1. The van der Waals surface area contributed by atoms with E-state index in [0.29, 0.717) is 23.7 Å². The third kappa shape index (κ3) is 7.17. The van der Waals surface area contributed by atoms with Gasteiger partial charge in [0.1, 0.15) is 18.5 Å². The number of fused-ring (bicyclic) bond motifs is 1. The fraction of sp³-hybridized carbons (Fsp3) is 0.429. The second kappa shape index (κ2) is 10.9. The first kappa shape index (κ1) is 25.1. The topological polar surface area (TPSA) is 97.3 Å². The molecule has 10 heteroatoms. The van der Waals surface area contributed by atoms with E-state index in [1.165, 1.54) is 11.1 Å². The molecule has 0 bridgehead atoms. The van der Waals surface area contributed by atoms with Crippen LogP contribution in [0.1, 0.15) is 11.1 Å². The molecule has 31 heavy (non-hydrogen) atoms. The first-order valence-corrected chi connectivity index (χ1v) is 11.5. The molecule has 0 amide bonds. The Kier molecular flexibility index (Phi) is 8.81. The molecule has 1 aliphatic rings. The van der Waals surface area contributed by atoms with Gasteiger partial charge < -0.3 is 19.3 Å². The van der Waals surface area contributed by atoms with Gasteiger partial charge in [0.2, 0.25) is 10.0 Å². The fourth-order valence-corrected chi connectivity index (χ4v) is 4.04. The van der Waals surface area contributed by atoms with E-state index in [-0.39, 0.29) is 19.0 Å². The van der Waals surface area contributed by atoms with Crippen LogP contribution in [0.2, 0.25) is 0 Å². The van der Waals surface area contributed by atoms with Crippen LogP contribution >= 0.6 is 12.4 Å². The molecule has 0 spiro atoms. The van der Waals surface area contributed by atoms with E-state index in [0.717, 1.165) is 31.5 Å². The number of hydrogen-bond donors (Lipinski definition) is 2. The predicted molar refractivity (Wildman–Crippen MR) is 122 cm³/mol. The molecule has 2 aromatic rings. The van der Waals surface area contributed by atoms with Gasteiger partial charge in [0.05, 0.1) is 20.5 Å². The van der Waals surface area contributed by atoms with E-state index in [4.69, 9.17) is 14.2 Å². The summed E-state index contributed by atoms with van der Waals surface area (Å²) in [6.45, 7) is 2.19. The van der Waals surface area contributed by atoms with Crippen LogP contribution in [0.25, 0.3) is 0 Å². The normalized spacial score (nSPS) is 14.7. The van der Waals surface area contributed by atoms with Crippen molar-refractivity contribution in [1.29, 1.82) is 0 Å². The largest absolute Gasteiger partial charge is 0.493 e. The van der Waals surface area contributed by atoms with Crippen molar-refractivity contribution >= 4 is 28.1 Å². The van der Waals surface area contributed by atoms with Crippen molar-refractivity contribution in [3.63, 3.8) is 0 Å². The zero-order chi connectivity index (χ0) is 21.7. The molecule has 0 saturated heterocycles. The summed E-state index contributed by atoms with van der Waals surface area (Å²) >= 11 is 0. The molecule has 0 aliphatic carbocycles. The van der Waals surface area contributed by atoms with Gasteiger partial charge in [-0.25, -0.2) is 8.42 Å². The summed E-state index contributed by atoms with van der Waals surface area (Å²) in [7, 11) is -0.0619. The quantitative estimate of drug-likeness (QED) is 0.577. The number of sulfonamides is 1. The Balaban J connectivity index is 0.00000341. The number of halogens is 1. The molecular formula is C21H29ClN2O6S. The van der Waals surface area contributed by atoms with Gasteiger partial charge in [-0.3, -0.25) is 9.62 Å². The molecule has 2 N–H and O–H groups in total. The van der Waals surface area contributed by atoms with Crippen LogP contribution < -0.4 is 18.9 Å². The second-order valence-corrected chi connectivity index (χ2v) is 9.07. The van der Waals surface area contributed by atoms with Crippen molar-refractivity contribution < 1.29 is 27.7 Å². The molecule has 0 saturated carbocycles. The molecule has 0 radical (unpaired) electrons. The van der Waals surface area contributed by atoms with E-state index in [1.54, 1.807) is 38.5 Å². The number of nitrogens with one attached hydrogen (secondary N) is 1. The highest BCUT2D eigenvalue weighted by Crippen LogP contribution is 2.33. The summed E-state index contributed by atoms with van der Waals surface area (Å²) in [6.07, 6.45) is 1.32. The number of methoxy groups -OCH3 is 2. The van der Waals surface area contributed by atoms with Gasteiger partial charge in [-0.15, -0.1) is 12.4 Å². The molecule has 8 nitrogen and oxygen atoms in total. The van der Waals surface area contributed by atoms with Crippen LogP contribution in [-0.2, 0) is 23.0 Å². The molecule has 0 aromatic heterocycles. The Morgan fingerprint density at radius 3 is 2.29 bits per heavy atom. The lowest BCUT2D eigenvalue weighted by atomic mass is 9.98. The molecule has 1 heterocycles. The summed E-state index contributed by atoms with van der Waals surface area (Å²) in [5.74, 6) is 2.00. The van der Waals surface area contributed by atoms with E-state index < -0.39 is 16.1 Å². The number of ether oxygens (including phenoxy) is 3. The van der Waals surface area contributed by atoms with Crippen LogP contribution in [-0.4, -0.2) is 64.7 Å². The Morgan fingerprint density at radius 1 is 1.10 bits per heavy atom. The Hall–Kier alpha value is -2.20. The third-order valence-electron chi connectivity index (χ3n) is 4.87. The van der Waals surface area contributed by atoms with Gasteiger partial charge >= 0.3 is 0 Å². The number of hydrogen-bond acceptors (Lipinski definition) is 7. The number of rotatable bonds is 9. The minimum atomic E-state index is -3.31. The molecule has 1 atom stereocenters. The minimum Gasteiger partial charge on any atom is -0.493 e. The Labute approximate surface area is 189 Å². The van der Waals surface area contributed by atoms with Gasteiger partial charge in [0, 0.05) is 25.3 Å². The van der Waals surface area contributed by atoms with Gasteiger partial charge in [0.15, 0.2) is 11.5 Å². The lowest BCUT2D eigenvalue weighted by molar-refractivity contribution is 0.0637. The zero-order valence-corrected chi connectivity index (χ0v) is 19.5. The SMILES string of the molecule is COc1cc2c(cc1OC)CN(CC(O)COc1ccc(NS(C)(=O)=O)cc1)CC2.Cl. The summed E-state index contributed by atoms with van der Waals surface area (Å²) in [5.41, 5.74) is 2.86. The summed E-state index contributed by atoms with van der Waals surface area (Å²) in [5, 5.41) is 10.4. The monoisotopic (exact) mass is 472 g/mol. The van der Waals surface area contributed by atoms with Crippen molar-refractivity contribution in [2.24, 2.45) is 0 Å². The number of β-amino-alcohol motifs (C(OH)–C–C–N with tert-alkyl or cyclic N) is 1. The van der Waals surface area contributed by atoms with Crippen LogP contribution in [0.4, 0.5) is 5.69 Å². The highest BCUT2D eigenvalue weighted by molar-refractivity contribution is 7.92. The lowest BCUT2D eigenvalue weighted by Crippen LogP contribution is -2.38. The first-order valence-electron chi connectivity index (χ1n) is 9.62. The minimum absolute atomic E-state index is 0. The maximum atomic E-state index is 11.2. The number of benzene rings is 2. The summed E-state index contributed by atoms with van der Waals surface area (Å²) in [4.78, 5) is 2.18. The van der Waals surface area contributed by atoms with Crippen molar-refractivity contribution in [1.82, 2.24) is 4.90 Å². The predicted octanol–water partition coefficient (Wildman–Crippen LogP) is 2.30. The zero-order valence-electron chi connectivity index (χ0n) is 17.8. The van der Waals surface area contributed by atoms with Crippen molar-refractivity contribution in [3.05, 3.63) is 47.5 Å². The molecule has 1 aliphatic heterocycles. The average Bonchev–Trinajstić information content (AvgIpc) is 2.71. The molecule has 0 fully saturated rings. The smallest absolute Gasteiger partial charge is 0.229 e. The number of aliphatic hydroxyl groups is 1. The fourth-order valence-electron chi connectivity index (χ4n) is 3.47. The van der Waals surface area contributed by atoms with Crippen LogP contribution in [0.5, 0.6) is 17.2 Å². The van der Waals surface area contributed by atoms with Crippen molar-refractivity contribution in [2.75, 3.05) is 44.9 Å². The molecule has 172 valence electrons. The van der Waals surface area contributed by atoms with Crippen LogP contribution in [0.3, 0.4) is 0 Å². The summed E-state index contributed by atoms with van der Waals surface area (Å²) in [6, 6.07) is 10.6. The van der Waals surface area contributed by atoms with Gasteiger partial charge in [-0.1, -0.05) is 0 Å². The Morgan fingerprint density at radius 2 is 1.71 bits per heavy atom. The first-order chi connectivity index (χ1) is 14.3. The third-order valence-corrected chi connectivity index (χ3v) is 5.47. The molecule has 3 rings (SSSR count). The molecule has 2 aromatic carbocycles. The van der Waals surface area contributed by atoms with E-state index in [1.807, 2.05) is 12.1 Å². The highest BCUT2D eigenvalue weighted by Gasteiger charge is 2.21. The van der Waals surface area contributed by atoms with Crippen molar-refractivity contribution in [3.8, 4) is 17.2 Å². The van der Waals surface area contributed by atoms with E-state index in [2.05, 4.69) is 9.62 Å². The standard InChI is InChI=1S/C21H28N2O6S.ClH/c1-27-20-10-15-8-9-23(12-16(15)11-21(20)28-2)13-18(24)14-29-19-6-4-17(5-7-19)22-30(3,25)26;/h4-7,10-11,18,22,24H,8-9,12-14H2,1-3H3;1H. The van der Waals surface area contributed by atoms with Crippen molar-refractivity contribution in [2.45, 2.75) is 19.1 Å². The highest BCUT2D eigenvalue weighted by atomic mass is 35.5. The van der Waals surface area contributed by atoms with E-state index >= 15 is 0 Å². The lowest BCUT2D eigenvalue weighted by Gasteiger charge is -2.31. The second-order valence-electron chi connectivity index (χ2n) is 7.32. The number of aliphatic hydroxyl groups excluding tert-OH is 1. The summed E-state index contributed by atoms with van der Waals surface area (Å²) < 4.78 is 41.3.